The number of hydrogen-bond donors (Lipinski definition) is 1. The quantitative estimate of drug-likeness (QED) is 0.0378. The molecule has 0 aromatic heterocycles. The molecule has 0 rings (SSSR count). The van der Waals surface area contributed by atoms with Crippen molar-refractivity contribution in [3.05, 3.63) is 0 Å². The van der Waals surface area contributed by atoms with E-state index in [1.807, 2.05) is 6.92 Å². The Bertz CT molecular complexity index is 773. The van der Waals surface area contributed by atoms with E-state index in [1.54, 1.807) is 0 Å². The summed E-state index contributed by atoms with van der Waals surface area (Å²) in [7, 11) is 0. The molecule has 2 atom stereocenters. The fraction of sp³-hybridized carbons (Fsp3) is 0.930. The van der Waals surface area contributed by atoms with Crippen LogP contribution in [0.25, 0.3) is 0 Å². The lowest BCUT2D eigenvalue weighted by atomic mass is 10.0. The van der Waals surface area contributed by atoms with Gasteiger partial charge in [-0.3, -0.25) is 14.4 Å². The van der Waals surface area contributed by atoms with Crippen molar-refractivity contribution in [1.29, 1.82) is 0 Å². The summed E-state index contributed by atoms with van der Waals surface area (Å²) in [6, 6.07) is 0. The molecular weight excluding hydrogens is 644 g/mol. The Morgan fingerprint density at radius 1 is 0.392 bits per heavy atom. The van der Waals surface area contributed by atoms with E-state index >= 15 is 0 Å². The molecule has 0 aliphatic carbocycles. The molecule has 0 aromatic carbocycles. The van der Waals surface area contributed by atoms with Gasteiger partial charge in [-0.1, -0.05) is 181 Å². The highest BCUT2D eigenvalue weighted by Crippen LogP contribution is 2.15. The zero-order valence-corrected chi connectivity index (χ0v) is 33.7. The standard InChI is InChI=1S/C43H82O8/c1-4-7-10-12-14-16-18-20-22-24-26-28-30-33-42(46)50-39(35-44)36-48-37-40(38-49-41(45)32-9-6-3)51-43(47)34-31-29-27-25-23-21-19-17-15-13-11-8-5-2/h39-40,44H,4-38H2,1-3H3. The molecular formula is C43H82O8. The number of ether oxygens (including phenoxy) is 4. The van der Waals surface area contributed by atoms with Gasteiger partial charge in [0.05, 0.1) is 19.8 Å². The first-order chi connectivity index (χ1) is 25.0. The minimum absolute atomic E-state index is 0.0156. The summed E-state index contributed by atoms with van der Waals surface area (Å²) in [6.45, 7) is 6.02. The minimum atomic E-state index is -0.797. The minimum Gasteiger partial charge on any atom is -0.462 e. The lowest BCUT2D eigenvalue weighted by Gasteiger charge is -2.20. The Morgan fingerprint density at radius 3 is 1.08 bits per heavy atom. The first kappa shape index (κ1) is 49.3. The van der Waals surface area contributed by atoms with Crippen molar-refractivity contribution in [1.82, 2.24) is 0 Å². The molecule has 0 saturated heterocycles. The molecule has 0 fully saturated rings. The Kier molecular flexibility index (Phi) is 38.2. The molecule has 0 bridgehead atoms. The summed E-state index contributed by atoms with van der Waals surface area (Å²) in [5, 5.41) is 9.77. The van der Waals surface area contributed by atoms with Gasteiger partial charge in [0.15, 0.2) is 6.10 Å². The Hall–Kier alpha value is -1.67. The Balaban J connectivity index is 4.23. The van der Waals surface area contributed by atoms with Gasteiger partial charge in [-0.05, 0) is 19.3 Å². The largest absolute Gasteiger partial charge is 0.462 e. The molecule has 8 nitrogen and oxygen atoms in total. The molecule has 0 aliphatic rings. The second kappa shape index (κ2) is 39.5. The maximum Gasteiger partial charge on any atom is 0.306 e. The van der Waals surface area contributed by atoms with Gasteiger partial charge in [0.2, 0.25) is 0 Å². The first-order valence-corrected chi connectivity index (χ1v) is 21.7. The number of unbranched alkanes of at least 4 members (excludes halogenated alkanes) is 25. The third kappa shape index (κ3) is 36.5. The van der Waals surface area contributed by atoms with E-state index in [4.69, 9.17) is 18.9 Å². The monoisotopic (exact) mass is 727 g/mol. The van der Waals surface area contributed by atoms with E-state index in [9.17, 15) is 19.5 Å². The summed E-state index contributed by atoms with van der Waals surface area (Å²) in [5.74, 6) is -1.00. The van der Waals surface area contributed by atoms with Crippen molar-refractivity contribution >= 4 is 17.9 Å². The number of carbonyl (C=O) groups is 3. The second-order valence-electron chi connectivity index (χ2n) is 14.7. The van der Waals surface area contributed by atoms with Crippen LogP contribution in [0.4, 0.5) is 0 Å². The zero-order valence-electron chi connectivity index (χ0n) is 33.7. The Morgan fingerprint density at radius 2 is 0.706 bits per heavy atom. The lowest BCUT2D eigenvalue weighted by molar-refractivity contribution is -0.166. The maximum atomic E-state index is 12.6. The van der Waals surface area contributed by atoms with Gasteiger partial charge in [0.1, 0.15) is 12.7 Å². The number of aliphatic hydroxyl groups excluding tert-OH is 1. The first-order valence-electron chi connectivity index (χ1n) is 21.7. The van der Waals surface area contributed by atoms with Crippen LogP contribution >= 0.6 is 0 Å². The molecule has 2 unspecified atom stereocenters. The summed E-state index contributed by atoms with van der Waals surface area (Å²) >= 11 is 0. The highest BCUT2D eigenvalue weighted by Gasteiger charge is 2.20. The smallest absolute Gasteiger partial charge is 0.306 e. The highest BCUT2D eigenvalue weighted by atomic mass is 16.6. The molecule has 302 valence electrons. The molecule has 0 amide bonds. The summed E-state index contributed by atoms with van der Waals surface area (Å²) in [6.07, 6.45) is 33.2. The number of rotatable bonds is 40. The number of esters is 3. The number of aliphatic hydroxyl groups is 1. The van der Waals surface area contributed by atoms with Gasteiger partial charge >= 0.3 is 17.9 Å². The molecule has 51 heavy (non-hydrogen) atoms. The van der Waals surface area contributed by atoms with Crippen LogP contribution in [0.3, 0.4) is 0 Å². The SMILES string of the molecule is CCCCCCCCCCCCCCCC(=O)OC(CO)COCC(COC(=O)CCCC)OC(=O)CCCCCCCCCCCCCCC. The van der Waals surface area contributed by atoms with E-state index in [0.717, 1.165) is 51.4 Å². The van der Waals surface area contributed by atoms with Crippen LogP contribution in [0, 0.1) is 0 Å². The molecule has 8 heteroatoms. The van der Waals surface area contributed by atoms with E-state index in [0.29, 0.717) is 19.3 Å². The van der Waals surface area contributed by atoms with Gasteiger partial charge in [-0.2, -0.15) is 0 Å². The van der Waals surface area contributed by atoms with Gasteiger partial charge in [0, 0.05) is 19.3 Å². The lowest BCUT2D eigenvalue weighted by Crippen LogP contribution is -2.33. The van der Waals surface area contributed by atoms with Crippen LogP contribution in [-0.4, -0.2) is 61.6 Å². The third-order valence-corrected chi connectivity index (χ3v) is 9.54. The van der Waals surface area contributed by atoms with E-state index in [2.05, 4.69) is 13.8 Å². The van der Waals surface area contributed by atoms with Gasteiger partial charge in [-0.25, -0.2) is 0 Å². The topological polar surface area (TPSA) is 108 Å². The number of carbonyl (C=O) groups excluding carboxylic acids is 3. The van der Waals surface area contributed by atoms with Crippen LogP contribution < -0.4 is 0 Å². The van der Waals surface area contributed by atoms with Crippen molar-refractivity contribution in [2.24, 2.45) is 0 Å². The summed E-state index contributed by atoms with van der Waals surface area (Å²) < 4.78 is 22.1. The Labute approximate surface area is 314 Å². The average Bonchev–Trinajstić information content (AvgIpc) is 3.12. The van der Waals surface area contributed by atoms with E-state index in [-0.39, 0.29) is 44.3 Å². The van der Waals surface area contributed by atoms with Crippen LogP contribution in [0.2, 0.25) is 0 Å². The van der Waals surface area contributed by atoms with Crippen LogP contribution in [0.15, 0.2) is 0 Å². The number of hydrogen-bond acceptors (Lipinski definition) is 8. The maximum absolute atomic E-state index is 12.6. The molecule has 0 heterocycles. The highest BCUT2D eigenvalue weighted by molar-refractivity contribution is 5.70. The predicted molar refractivity (Wildman–Crippen MR) is 209 cm³/mol. The van der Waals surface area contributed by atoms with Crippen molar-refractivity contribution in [3.8, 4) is 0 Å². The van der Waals surface area contributed by atoms with Gasteiger partial charge < -0.3 is 24.1 Å². The van der Waals surface area contributed by atoms with Crippen LogP contribution in [-0.2, 0) is 33.3 Å². The molecule has 0 aromatic rings. The van der Waals surface area contributed by atoms with Crippen molar-refractivity contribution < 1.29 is 38.4 Å². The normalized spacial score (nSPS) is 12.5. The van der Waals surface area contributed by atoms with Crippen LogP contribution in [0.1, 0.15) is 220 Å². The zero-order chi connectivity index (χ0) is 37.5. The molecule has 0 aliphatic heterocycles. The van der Waals surface area contributed by atoms with Crippen molar-refractivity contribution in [3.63, 3.8) is 0 Å². The van der Waals surface area contributed by atoms with Gasteiger partial charge in [0.25, 0.3) is 0 Å². The van der Waals surface area contributed by atoms with E-state index in [1.165, 1.54) is 128 Å². The fourth-order valence-corrected chi connectivity index (χ4v) is 6.21. The summed E-state index contributed by atoms with van der Waals surface area (Å²) in [5.41, 5.74) is 0. The third-order valence-electron chi connectivity index (χ3n) is 9.54. The molecule has 1 N–H and O–H groups in total. The van der Waals surface area contributed by atoms with Crippen molar-refractivity contribution in [2.45, 2.75) is 232 Å². The van der Waals surface area contributed by atoms with E-state index < -0.39 is 12.2 Å². The predicted octanol–water partition coefficient (Wildman–Crippen LogP) is 11.5. The van der Waals surface area contributed by atoms with Gasteiger partial charge in [-0.15, -0.1) is 0 Å². The molecule has 0 radical (unpaired) electrons. The molecule has 0 spiro atoms. The van der Waals surface area contributed by atoms with Crippen LogP contribution in [0.5, 0.6) is 0 Å². The van der Waals surface area contributed by atoms with Crippen molar-refractivity contribution in [2.75, 3.05) is 26.4 Å². The fourth-order valence-electron chi connectivity index (χ4n) is 6.21. The second-order valence-corrected chi connectivity index (χ2v) is 14.7. The molecule has 0 saturated carbocycles. The average molecular weight is 727 g/mol. The summed E-state index contributed by atoms with van der Waals surface area (Å²) in [4.78, 5) is 37.1.